The van der Waals surface area contributed by atoms with Crippen molar-refractivity contribution in [1.82, 2.24) is 15.0 Å². The number of hydrogen-bond donors (Lipinski definition) is 0. The maximum absolute atomic E-state index is 4.87. The number of anilines is 9. The largest absolute Gasteiger partial charge is 0.311 e. The average Bonchev–Trinajstić information content (AvgIpc) is 1.12. The minimum absolute atomic E-state index is 1.04. The highest BCUT2D eigenvalue weighted by molar-refractivity contribution is 7.22. The summed E-state index contributed by atoms with van der Waals surface area (Å²) in [5, 5.41) is 9.50. The number of aryl methyl sites for hydroxylation is 1. The van der Waals surface area contributed by atoms with Crippen molar-refractivity contribution >= 4 is 150 Å². The third kappa shape index (κ3) is 20.6. The quantitative estimate of drug-likeness (QED) is 0.0636. The first-order valence-electron chi connectivity index (χ1n) is 49.4. The van der Waals surface area contributed by atoms with Gasteiger partial charge in [0.15, 0.2) is 0 Å². The van der Waals surface area contributed by atoms with Crippen molar-refractivity contribution in [3.63, 3.8) is 0 Å². The predicted octanol–water partition coefficient (Wildman–Crippen LogP) is 41.1. The molecule has 0 saturated heterocycles. The molecule has 0 spiro atoms. The lowest BCUT2D eigenvalue weighted by Crippen LogP contribution is -2.09. The fraction of sp³-hybridized carbons (Fsp3) is 0.00735. The maximum atomic E-state index is 4.87. The Hall–Kier alpha value is -17.4. The van der Waals surface area contributed by atoms with Gasteiger partial charge in [-0.1, -0.05) is 376 Å². The van der Waals surface area contributed by atoms with Crippen molar-refractivity contribution < 1.29 is 0 Å². The molecule has 6 aromatic heterocycles. The van der Waals surface area contributed by atoms with Gasteiger partial charge in [-0.15, -0.1) is 68.0 Å². The summed E-state index contributed by atoms with van der Waals surface area (Å²) in [6.45, 7) is 2.12. The van der Waals surface area contributed by atoms with Crippen LogP contribution in [0.5, 0.6) is 0 Å². The molecule has 0 radical (unpaired) electrons. The fourth-order valence-electron chi connectivity index (χ4n) is 18.9. The van der Waals surface area contributed by atoms with Crippen molar-refractivity contribution in [2.24, 2.45) is 0 Å². The van der Waals surface area contributed by atoms with Crippen molar-refractivity contribution in [3.8, 4) is 152 Å². The van der Waals surface area contributed by atoms with Gasteiger partial charge in [-0.25, -0.2) is 15.0 Å². The molecule has 0 atom stereocenters. The van der Waals surface area contributed by atoms with Crippen LogP contribution in [-0.4, -0.2) is 15.0 Å². The molecule has 0 amide bonds. The number of para-hydroxylation sites is 4. The van der Waals surface area contributed by atoms with Gasteiger partial charge in [-0.05, 0) is 293 Å². The van der Waals surface area contributed by atoms with E-state index in [2.05, 4.69) is 553 Å². The minimum atomic E-state index is 1.04. The van der Waals surface area contributed by atoms with Crippen LogP contribution in [0.25, 0.3) is 183 Å². The smallest absolute Gasteiger partial charge is 0.124 e. The highest BCUT2D eigenvalue weighted by Gasteiger charge is 2.21. The topological polar surface area (TPSA) is 48.4 Å². The van der Waals surface area contributed by atoms with Crippen LogP contribution in [0.3, 0.4) is 0 Å². The molecular weight excluding hydrogens is 1910 g/mol. The molecule has 0 N–H and O–H groups in total. The zero-order valence-electron chi connectivity index (χ0n) is 80.7. The normalized spacial score (nSPS) is 11.1. The van der Waals surface area contributed by atoms with E-state index in [0.29, 0.717) is 0 Å². The lowest BCUT2D eigenvalue weighted by Gasteiger charge is -2.26. The van der Waals surface area contributed by atoms with Gasteiger partial charge >= 0.3 is 0 Å². The van der Waals surface area contributed by atoms with E-state index in [9.17, 15) is 0 Å². The van der Waals surface area contributed by atoms with Crippen molar-refractivity contribution in [1.29, 1.82) is 0 Å². The summed E-state index contributed by atoms with van der Waals surface area (Å²) < 4.78 is 3.62. The molecule has 0 aliphatic heterocycles. The van der Waals surface area contributed by atoms with E-state index < -0.39 is 0 Å². The van der Waals surface area contributed by atoms with Gasteiger partial charge in [0.1, 0.15) is 15.0 Å². The Morgan fingerprint density at radius 3 is 0.520 bits per heavy atom. The van der Waals surface area contributed by atoms with Gasteiger partial charge < -0.3 is 14.7 Å². The molecule has 26 rings (SSSR count). The van der Waals surface area contributed by atoms with Crippen LogP contribution in [0.4, 0.5) is 51.2 Å². The van der Waals surface area contributed by atoms with E-state index >= 15 is 0 Å². The maximum Gasteiger partial charge on any atom is 0.124 e. The Bertz CT molecular complexity index is 8150. The van der Waals surface area contributed by atoms with Crippen molar-refractivity contribution in [3.05, 3.63) is 556 Å². The Morgan fingerprint density at radius 1 is 0.142 bits per heavy atom. The van der Waals surface area contributed by atoms with Gasteiger partial charge in [-0.3, -0.25) is 0 Å². The van der Waals surface area contributed by atoms with Crippen LogP contribution < -0.4 is 14.7 Å². The monoisotopic (exact) mass is 2000 g/mol. The Labute approximate surface area is 886 Å². The van der Waals surface area contributed by atoms with Crippen LogP contribution in [0.15, 0.2) is 550 Å². The van der Waals surface area contributed by atoms with Crippen LogP contribution in [0.1, 0.15) is 5.56 Å². The second kappa shape index (κ2) is 42.9. The zero-order chi connectivity index (χ0) is 98.8. The number of fused-ring (bicyclic) bond motifs is 3. The number of aromatic nitrogens is 3. The summed E-state index contributed by atoms with van der Waals surface area (Å²) in [4.78, 5) is 25.5. The Balaban J connectivity index is 0.000000125. The number of thiazole rings is 3. The number of rotatable bonds is 23. The van der Waals surface area contributed by atoms with Gasteiger partial charge in [0, 0.05) is 82.5 Å². The Kier molecular flexibility index (Phi) is 26.9. The van der Waals surface area contributed by atoms with E-state index in [-0.39, 0.29) is 0 Å². The second-order valence-corrected chi connectivity index (χ2v) is 42.2. The SMILES string of the molecule is Cc1ccc(N(c2ccccc2)c2ccc(-c3ccc(-c4ccccc4)cc3)cc2)cc1.c1ccc2sc(-c3ccc(-c4ccc(N(c5ccc(-c6ccc(-c7nc8ccccc8s7)cc6)cc5)c5ccc(-c6ccc(-c7nc8ccccc8s7)cc6)cc5)cc4)cc3)nc2c1.c1csc(-c2ccc(-c3ccc(N(c4ccc(-c5ccc(-c6cccs6)cc5)cc4)c4ccc(-c5ccc(-c6cccs6)cc5)cc4)cc3)cc2)c1. The predicted molar refractivity (Wildman–Crippen MR) is 637 cm³/mol. The molecule has 0 unspecified atom stereocenters. The molecule has 20 aromatic carbocycles. The minimum Gasteiger partial charge on any atom is -0.311 e. The molecular formula is C136H94N6S6. The van der Waals surface area contributed by atoms with E-state index in [1.807, 2.05) is 18.2 Å². The van der Waals surface area contributed by atoms with Crippen LogP contribution in [0.2, 0.25) is 0 Å². The molecule has 0 bridgehead atoms. The Morgan fingerprint density at radius 2 is 0.311 bits per heavy atom. The number of nitrogens with zero attached hydrogens (tertiary/aromatic N) is 6. The highest BCUT2D eigenvalue weighted by atomic mass is 32.1. The number of benzene rings is 20. The highest BCUT2D eigenvalue weighted by Crippen LogP contribution is 2.46. The van der Waals surface area contributed by atoms with E-state index in [1.54, 1.807) is 68.0 Å². The van der Waals surface area contributed by atoms with Crippen LogP contribution in [-0.2, 0) is 0 Å². The summed E-state index contributed by atoms with van der Waals surface area (Å²) in [6, 6.07) is 191. The van der Waals surface area contributed by atoms with Gasteiger partial charge in [0.2, 0.25) is 0 Å². The van der Waals surface area contributed by atoms with Gasteiger partial charge in [-0.2, -0.15) is 0 Å². The average molecular weight is 2000 g/mol. The van der Waals surface area contributed by atoms with Gasteiger partial charge in [0.25, 0.3) is 0 Å². The molecule has 0 saturated carbocycles. The van der Waals surface area contributed by atoms with Crippen molar-refractivity contribution in [2.75, 3.05) is 14.7 Å². The molecule has 0 aliphatic carbocycles. The molecule has 26 aromatic rings. The van der Waals surface area contributed by atoms with E-state index in [4.69, 9.17) is 15.0 Å². The summed E-state index contributed by atoms with van der Waals surface area (Å²) >= 11 is 10.5. The summed E-state index contributed by atoms with van der Waals surface area (Å²) in [7, 11) is 0. The molecule has 6 nitrogen and oxygen atoms in total. The molecule has 12 heteroatoms. The second-order valence-electron chi connectivity index (χ2n) is 36.3. The lowest BCUT2D eigenvalue weighted by molar-refractivity contribution is 1.27. The first-order valence-corrected chi connectivity index (χ1v) is 54.5. The first kappa shape index (κ1) is 92.9. The third-order valence-corrected chi connectivity index (χ3v) is 32.9. The van der Waals surface area contributed by atoms with Gasteiger partial charge in [0.05, 0.1) is 30.6 Å². The molecule has 6 heterocycles. The molecule has 0 aliphatic rings. The summed E-state index contributed by atoms with van der Waals surface area (Å²) in [6.07, 6.45) is 0. The zero-order valence-corrected chi connectivity index (χ0v) is 85.6. The fourth-order valence-corrected chi connectivity index (χ4v) is 24.0. The summed E-state index contributed by atoms with van der Waals surface area (Å²) in [5.41, 5.74) is 40.7. The van der Waals surface area contributed by atoms with Crippen molar-refractivity contribution in [2.45, 2.75) is 6.92 Å². The number of thiophene rings is 3. The first-order chi connectivity index (χ1) is 73.2. The lowest BCUT2D eigenvalue weighted by atomic mass is 10.00. The molecule has 704 valence electrons. The number of hydrogen-bond acceptors (Lipinski definition) is 12. The summed E-state index contributed by atoms with van der Waals surface area (Å²) in [5.74, 6) is 0. The van der Waals surface area contributed by atoms with Crippen LogP contribution >= 0.6 is 68.0 Å². The molecule has 148 heavy (non-hydrogen) atoms. The third-order valence-electron chi connectivity index (χ3n) is 26.9. The van der Waals surface area contributed by atoms with E-state index in [0.717, 1.165) is 116 Å². The van der Waals surface area contributed by atoms with Crippen LogP contribution in [0, 0.1) is 6.92 Å². The molecule has 0 fully saturated rings. The van der Waals surface area contributed by atoms with E-state index in [1.165, 1.54) is 123 Å². The standard InChI is InChI=1S/C57H36N4S3.C48H33NS3.C31H25N/c1-4-10-52-49(7-1)58-55(62-52)43-19-13-37(14-20-43)40-25-31-46(32-26-40)61(47-33-27-41(28-34-47)38-15-21-44(22-16-38)56-59-50-8-2-5-11-53(50)63-56)48-35-29-42(30-36-48)39-17-23-45(24-18-39)57-60-51-9-3-6-12-54(51)64-57;1-4-46(50-31-1)40-13-7-34(8-14-40)37-19-25-43(26-20-37)49(44-27-21-38(22-28-44)35-9-15-41(16-10-35)47-5-2-32-51-47)45-29-23-39(24-30-45)36-11-17-42(18-12-36)48-6-3-33-52-48;1-24-12-20-30(21-13-24)32(29-10-6-3-7-11-29)31-22-18-28(19-23-31)27-16-14-26(15-17-27)25-8-4-2-5-9-25/h1-36H;1-33H;2-23H,1H3.